The van der Waals surface area contributed by atoms with E-state index in [2.05, 4.69) is 20.7 Å². The van der Waals surface area contributed by atoms with E-state index in [4.69, 9.17) is 0 Å². The maximum atomic E-state index is 13.0. The van der Waals surface area contributed by atoms with Crippen molar-refractivity contribution in [2.75, 3.05) is 19.3 Å². The Morgan fingerprint density at radius 2 is 2.16 bits per heavy atom. The molecule has 2 aromatic rings. The summed E-state index contributed by atoms with van der Waals surface area (Å²) in [5, 5.41) is 0.810. The Morgan fingerprint density at radius 1 is 1.28 bits per heavy atom. The molecule has 0 N–H and O–H groups in total. The number of aromatic nitrogens is 3. The Morgan fingerprint density at radius 3 is 2.96 bits per heavy atom. The molecule has 132 valence electrons. The van der Waals surface area contributed by atoms with E-state index >= 15 is 0 Å². The first-order chi connectivity index (χ1) is 12.3. The molecule has 0 aromatic carbocycles. The number of thioether (sulfide) groups is 1. The number of carbonyl (C=O) groups is 1. The molecule has 2 fully saturated rings. The smallest absolute Gasteiger partial charge is 0.256 e. The lowest BCUT2D eigenvalue weighted by Crippen LogP contribution is -2.40. The summed E-state index contributed by atoms with van der Waals surface area (Å²) in [4.78, 5) is 24.0. The zero-order valence-corrected chi connectivity index (χ0v) is 15.4. The van der Waals surface area contributed by atoms with Crippen LogP contribution in [0.2, 0.25) is 0 Å². The van der Waals surface area contributed by atoms with Crippen molar-refractivity contribution in [3.8, 4) is 0 Å². The fourth-order valence-electron chi connectivity index (χ4n) is 3.67. The first-order valence-electron chi connectivity index (χ1n) is 9.05. The van der Waals surface area contributed by atoms with E-state index in [-0.39, 0.29) is 5.91 Å². The topological polar surface area (TPSA) is 51.0 Å². The van der Waals surface area contributed by atoms with Crippen LogP contribution in [0.4, 0.5) is 0 Å². The van der Waals surface area contributed by atoms with Gasteiger partial charge in [-0.1, -0.05) is 0 Å². The Hall–Kier alpha value is -1.82. The van der Waals surface area contributed by atoms with E-state index in [1.165, 1.54) is 24.6 Å². The lowest BCUT2D eigenvalue weighted by Gasteiger charge is -2.33. The monoisotopic (exact) mass is 356 g/mol. The highest BCUT2D eigenvalue weighted by atomic mass is 32.2. The molecule has 0 spiro atoms. The Balaban J connectivity index is 1.51. The van der Waals surface area contributed by atoms with Crippen LogP contribution < -0.4 is 0 Å². The quantitative estimate of drug-likeness (QED) is 0.770. The van der Waals surface area contributed by atoms with Crippen molar-refractivity contribution >= 4 is 17.7 Å². The van der Waals surface area contributed by atoms with E-state index < -0.39 is 0 Å². The average molecular weight is 356 g/mol. The van der Waals surface area contributed by atoms with Crippen LogP contribution in [0.15, 0.2) is 35.7 Å². The van der Waals surface area contributed by atoms with Gasteiger partial charge in [0.15, 0.2) is 0 Å². The molecule has 3 heterocycles. The highest BCUT2D eigenvalue weighted by molar-refractivity contribution is 7.98. The van der Waals surface area contributed by atoms with Gasteiger partial charge in [0, 0.05) is 44.1 Å². The van der Waals surface area contributed by atoms with Crippen molar-refractivity contribution in [1.29, 1.82) is 0 Å². The molecule has 1 atom stereocenters. The summed E-state index contributed by atoms with van der Waals surface area (Å²) in [6.07, 6.45) is 12.5. The normalized spacial score (nSPS) is 20.7. The molecule has 0 radical (unpaired) electrons. The number of pyridine rings is 1. The molecule has 1 amide bonds. The summed E-state index contributed by atoms with van der Waals surface area (Å²) in [7, 11) is 0. The SMILES string of the molecule is CSc1ncccc1C(=O)N1CCC[C@H](c2nccn2CC2CC2)C1. The minimum absolute atomic E-state index is 0.0995. The highest BCUT2D eigenvalue weighted by Crippen LogP contribution is 2.33. The molecule has 25 heavy (non-hydrogen) atoms. The molecule has 1 aliphatic heterocycles. The zero-order valence-electron chi connectivity index (χ0n) is 14.6. The number of nitrogens with zero attached hydrogens (tertiary/aromatic N) is 4. The van der Waals surface area contributed by atoms with E-state index in [1.807, 2.05) is 29.5 Å². The maximum Gasteiger partial charge on any atom is 0.256 e. The van der Waals surface area contributed by atoms with E-state index in [9.17, 15) is 4.79 Å². The minimum Gasteiger partial charge on any atom is -0.338 e. The number of imidazole rings is 1. The van der Waals surface area contributed by atoms with Gasteiger partial charge in [-0.05, 0) is 50.0 Å². The van der Waals surface area contributed by atoms with Crippen LogP contribution in [0.1, 0.15) is 47.8 Å². The number of hydrogen-bond acceptors (Lipinski definition) is 4. The fraction of sp³-hybridized carbons (Fsp3) is 0.526. The van der Waals surface area contributed by atoms with Crippen molar-refractivity contribution in [1.82, 2.24) is 19.4 Å². The van der Waals surface area contributed by atoms with Crippen LogP contribution >= 0.6 is 11.8 Å². The van der Waals surface area contributed by atoms with Crippen molar-refractivity contribution < 1.29 is 4.79 Å². The van der Waals surface area contributed by atoms with Crippen LogP contribution in [-0.4, -0.2) is 44.7 Å². The lowest BCUT2D eigenvalue weighted by molar-refractivity contribution is 0.0699. The van der Waals surface area contributed by atoms with Crippen LogP contribution in [0.5, 0.6) is 0 Å². The summed E-state index contributed by atoms with van der Waals surface area (Å²) < 4.78 is 2.31. The zero-order chi connectivity index (χ0) is 17.2. The summed E-state index contributed by atoms with van der Waals surface area (Å²) >= 11 is 1.53. The predicted octanol–water partition coefficient (Wildman–Crippen LogP) is 3.43. The van der Waals surface area contributed by atoms with E-state index in [0.717, 1.165) is 54.8 Å². The Labute approximate surface area is 152 Å². The van der Waals surface area contributed by atoms with E-state index in [0.29, 0.717) is 5.92 Å². The number of rotatable bonds is 5. The molecule has 4 rings (SSSR count). The van der Waals surface area contributed by atoms with Crippen LogP contribution in [0.25, 0.3) is 0 Å². The van der Waals surface area contributed by atoms with Gasteiger partial charge in [0.05, 0.1) is 5.56 Å². The Kier molecular flexibility index (Phi) is 4.79. The predicted molar refractivity (Wildman–Crippen MR) is 98.8 cm³/mol. The molecule has 0 bridgehead atoms. The second-order valence-electron chi connectivity index (χ2n) is 7.03. The second kappa shape index (κ2) is 7.20. The van der Waals surface area contributed by atoms with Crippen molar-refractivity contribution in [2.24, 2.45) is 5.92 Å². The Bertz CT molecular complexity index is 755. The molecule has 2 aliphatic rings. The van der Waals surface area contributed by atoms with Gasteiger partial charge >= 0.3 is 0 Å². The number of carbonyl (C=O) groups excluding carboxylic acids is 1. The van der Waals surface area contributed by atoms with E-state index in [1.54, 1.807) is 6.20 Å². The maximum absolute atomic E-state index is 13.0. The minimum atomic E-state index is 0.0995. The van der Waals surface area contributed by atoms with Crippen LogP contribution in [-0.2, 0) is 6.54 Å². The van der Waals surface area contributed by atoms with Gasteiger partial charge in [0.25, 0.3) is 5.91 Å². The third kappa shape index (κ3) is 3.59. The lowest BCUT2D eigenvalue weighted by atomic mass is 9.96. The van der Waals surface area contributed by atoms with Gasteiger partial charge < -0.3 is 9.47 Å². The molecule has 1 saturated heterocycles. The van der Waals surface area contributed by atoms with Gasteiger partial charge in [-0.2, -0.15) is 0 Å². The first kappa shape index (κ1) is 16.6. The molecule has 1 saturated carbocycles. The highest BCUT2D eigenvalue weighted by Gasteiger charge is 2.30. The number of likely N-dealkylation sites (tertiary alicyclic amines) is 1. The molecule has 1 aliphatic carbocycles. The van der Waals surface area contributed by atoms with Gasteiger partial charge in [-0.3, -0.25) is 4.79 Å². The number of piperidine rings is 1. The van der Waals surface area contributed by atoms with Gasteiger partial charge in [-0.15, -0.1) is 11.8 Å². The molecule has 6 heteroatoms. The largest absolute Gasteiger partial charge is 0.338 e. The van der Waals surface area contributed by atoms with Crippen LogP contribution in [0.3, 0.4) is 0 Å². The van der Waals surface area contributed by atoms with Gasteiger partial charge in [0.1, 0.15) is 10.9 Å². The fourth-order valence-corrected chi connectivity index (χ4v) is 4.21. The molecule has 0 unspecified atom stereocenters. The first-order valence-corrected chi connectivity index (χ1v) is 10.3. The molecule has 2 aromatic heterocycles. The van der Waals surface area contributed by atoms with Crippen molar-refractivity contribution in [2.45, 2.75) is 43.2 Å². The standard InChI is InChI=1S/C19H24N4OS/c1-25-18-16(5-2-8-21-18)19(24)23-10-3-4-15(13-23)17-20-9-11-22(17)12-14-6-7-14/h2,5,8-9,11,14-15H,3-4,6-7,10,12-13H2,1H3/t15-/m0/s1. The molecular weight excluding hydrogens is 332 g/mol. The van der Waals surface area contributed by atoms with Crippen molar-refractivity contribution in [3.63, 3.8) is 0 Å². The summed E-state index contributed by atoms with van der Waals surface area (Å²) in [5.41, 5.74) is 0.719. The molecule has 5 nitrogen and oxygen atoms in total. The average Bonchev–Trinajstić information content (AvgIpc) is 3.36. The summed E-state index contributed by atoms with van der Waals surface area (Å²) in [5.74, 6) is 2.41. The summed E-state index contributed by atoms with van der Waals surface area (Å²) in [6.45, 7) is 2.66. The third-order valence-corrected chi connectivity index (χ3v) is 5.88. The number of hydrogen-bond donors (Lipinski definition) is 0. The molecular formula is C19H24N4OS. The summed E-state index contributed by atoms with van der Waals surface area (Å²) in [6, 6.07) is 3.73. The van der Waals surface area contributed by atoms with Crippen LogP contribution in [0, 0.1) is 5.92 Å². The van der Waals surface area contributed by atoms with Gasteiger partial charge in [0.2, 0.25) is 0 Å². The number of amides is 1. The third-order valence-electron chi connectivity index (χ3n) is 5.17. The van der Waals surface area contributed by atoms with Gasteiger partial charge in [-0.25, -0.2) is 9.97 Å². The van der Waals surface area contributed by atoms with Crippen molar-refractivity contribution in [3.05, 3.63) is 42.1 Å². The second-order valence-corrected chi connectivity index (χ2v) is 7.83.